The molecule has 0 N–H and O–H groups in total. The van der Waals surface area contributed by atoms with Crippen molar-refractivity contribution in [1.29, 1.82) is 0 Å². The molecule has 2 aliphatic heterocycles. The van der Waals surface area contributed by atoms with Gasteiger partial charge in [-0.25, -0.2) is 27.0 Å². The van der Waals surface area contributed by atoms with Crippen molar-refractivity contribution in [2.75, 3.05) is 30.8 Å². The third-order valence-electron chi connectivity index (χ3n) is 6.57. The molecule has 2 amide bonds. The number of carbonyl (C=O) groups is 1. The number of benzene rings is 1. The Hall–Kier alpha value is -2.96. The minimum absolute atomic E-state index is 0.0188. The highest BCUT2D eigenvalue weighted by atomic mass is 32.2. The fraction of sp³-hybridized carbons (Fsp3) is 0.478. The van der Waals surface area contributed by atoms with E-state index in [1.165, 1.54) is 17.0 Å². The number of hydrogen-bond acceptors (Lipinski definition) is 5. The quantitative estimate of drug-likeness (QED) is 0.543. The third kappa shape index (κ3) is 5.25. The Morgan fingerprint density at radius 3 is 2.31 bits per heavy atom. The van der Waals surface area contributed by atoms with Gasteiger partial charge < -0.3 is 14.7 Å². The van der Waals surface area contributed by atoms with Crippen LogP contribution in [0.1, 0.15) is 30.9 Å². The van der Waals surface area contributed by atoms with E-state index in [1.807, 2.05) is 6.92 Å². The molecule has 3 heterocycles. The van der Waals surface area contributed by atoms with Crippen LogP contribution < -0.4 is 4.90 Å². The number of anilines is 1. The van der Waals surface area contributed by atoms with E-state index in [9.17, 15) is 35.2 Å². The topological polar surface area (TPSA) is 73.8 Å². The first-order valence-electron chi connectivity index (χ1n) is 11.3. The smallest absolute Gasteiger partial charge is 0.354 e. The number of aromatic nitrogens is 1. The molecule has 0 aliphatic carbocycles. The third-order valence-corrected chi connectivity index (χ3v) is 7.68. The number of carbonyl (C=O) groups excluding carboxylic acids is 1. The predicted molar refractivity (Wildman–Crippen MR) is 121 cm³/mol. The standard InChI is InChI=1S/C23H25F5N4O3S/c1-14-12-31(13-15-3-4-18(10-19(15)24)36(2,34)35)22(33)32(14)17-5-7-30(8-6-17)21-20(25)9-16(11-29-21)23(26,27)28/h3-4,9-11,14,17H,5-8,12-13H2,1-2H3. The van der Waals surface area contributed by atoms with Crippen molar-refractivity contribution in [2.24, 2.45) is 0 Å². The van der Waals surface area contributed by atoms with Gasteiger partial charge in [-0.2, -0.15) is 13.2 Å². The van der Waals surface area contributed by atoms with Crippen molar-refractivity contribution in [2.45, 2.75) is 49.5 Å². The number of halogens is 5. The Morgan fingerprint density at radius 1 is 1.08 bits per heavy atom. The summed E-state index contributed by atoms with van der Waals surface area (Å²) in [6, 6.07) is 3.40. The lowest BCUT2D eigenvalue weighted by Crippen LogP contribution is -2.49. The number of alkyl halides is 3. The number of hydrogen-bond donors (Lipinski definition) is 0. The number of rotatable bonds is 5. The molecule has 7 nitrogen and oxygen atoms in total. The van der Waals surface area contributed by atoms with Gasteiger partial charge in [-0.3, -0.25) is 0 Å². The fourth-order valence-electron chi connectivity index (χ4n) is 4.75. The maximum Gasteiger partial charge on any atom is 0.417 e. The summed E-state index contributed by atoms with van der Waals surface area (Å²) in [7, 11) is -3.56. The van der Waals surface area contributed by atoms with E-state index in [1.54, 1.807) is 9.80 Å². The van der Waals surface area contributed by atoms with Gasteiger partial charge in [0.25, 0.3) is 0 Å². The zero-order valence-electron chi connectivity index (χ0n) is 19.6. The summed E-state index contributed by atoms with van der Waals surface area (Å²) in [5.41, 5.74) is -0.957. The second-order valence-electron chi connectivity index (χ2n) is 9.19. The molecule has 0 bridgehead atoms. The van der Waals surface area contributed by atoms with Gasteiger partial charge in [0.15, 0.2) is 21.5 Å². The number of pyridine rings is 1. The zero-order valence-corrected chi connectivity index (χ0v) is 20.4. The highest BCUT2D eigenvalue weighted by Gasteiger charge is 2.40. The lowest BCUT2D eigenvalue weighted by atomic mass is 10.0. The number of piperidine rings is 1. The van der Waals surface area contributed by atoms with Crippen LogP contribution in [0.25, 0.3) is 0 Å². The average Bonchev–Trinajstić information content (AvgIpc) is 3.06. The van der Waals surface area contributed by atoms with Crippen LogP contribution in [0.2, 0.25) is 0 Å². The summed E-state index contributed by atoms with van der Waals surface area (Å²) in [5, 5.41) is 0. The predicted octanol–water partition coefficient (Wildman–Crippen LogP) is 4.08. The van der Waals surface area contributed by atoms with Gasteiger partial charge in [0.05, 0.1) is 17.0 Å². The van der Waals surface area contributed by atoms with Crippen molar-refractivity contribution in [3.63, 3.8) is 0 Å². The first-order chi connectivity index (χ1) is 16.8. The molecule has 1 atom stereocenters. The highest BCUT2D eigenvalue weighted by Crippen LogP contribution is 2.33. The van der Waals surface area contributed by atoms with Crippen LogP contribution in [0.4, 0.5) is 32.6 Å². The molecule has 0 radical (unpaired) electrons. The second kappa shape index (κ2) is 9.49. The Morgan fingerprint density at radius 2 is 1.75 bits per heavy atom. The van der Waals surface area contributed by atoms with Crippen molar-refractivity contribution < 1.29 is 35.2 Å². The number of amides is 2. The first-order valence-corrected chi connectivity index (χ1v) is 13.2. The molecule has 13 heteroatoms. The van der Waals surface area contributed by atoms with Gasteiger partial charge in [-0.1, -0.05) is 6.07 Å². The van der Waals surface area contributed by atoms with Gasteiger partial charge >= 0.3 is 12.2 Å². The van der Waals surface area contributed by atoms with Crippen LogP contribution in [-0.4, -0.2) is 67.2 Å². The molecule has 2 saturated heterocycles. The van der Waals surface area contributed by atoms with Crippen molar-refractivity contribution in [3.8, 4) is 0 Å². The van der Waals surface area contributed by atoms with Gasteiger partial charge in [0, 0.05) is 49.7 Å². The monoisotopic (exact) mass is 532 g/mol. The molecule has 1 aromatic carbocycles. The summed E-state index contributed by atoms with van der Waals surface area (Å²) in [4.78, 5) is 21.4. The maximum atomic E-state index is 14.5. The highest BCUT2D eigenvalue weighted by molar-refractivity contribution is 7.90. The normalized spacial score (nSPS) is 19.9. The fourth-order valence-corrected chi connectivity index (χ4v) is 5.38. The Balaban J connectivity index is 1.40. The van der Waals surface area contributed by atoms with Crippen molar-refractivity contribution in [1.82, 2.24) is 14.8 Å². The van der Waals surface area contributed by atoms with E-state index in [0.29, 0.717) is 44.7 Å². The minimum atomic E-state index is -4.68. The van der Waals surface area contributed by atoms with Crippen LogP contribution in [0.5, 0.6) is 0 Å². The van der Waals surface area contributed by atoms with Gasteiger partial charge in [0.1, 0.15) is 5.82 Å². The first kappa shape index (κ1) is 26.1. The molecule has 1 unspecified atom stereocenters. The SMILES string of the molecule is CC1CN(Cc2ccc(S(C)(=O)=O)cc2F)C(=O)N1C1CCN(c2ncc(C(F)(F)F)cc2F)CC1. The summed E-state index contributed by atoms with van der Waals surface area (Å²) in [5.74, 6) is -1.92. The lowest BCUT2D eigenvalue weighted by molar-refractivity contribution is -0.138. The van der Waals surface area contributed by atoms with Crippen LogP contribution in [0.15, 0.2) is 35.4 Å². The molecule has 2 aliphatic rings. The Bertz CT molecular complexity index is 1260. The van der Waals surface area contributed by atoms with Crippen molar-refractivity contribution in [3.05, 3.63) is 53.2 Å². The number of sulfone groups is 1. The summed E-state index contributed by atoms with van der Waals surface area (Å²) in [6.07, 6.45) is -2.17. The largest absolute Gasteiger partial charge is 0.417 e. The molecule has 4 rings (SSSR count). The lowest BCUT2D eigenvalue weighted by Gasteiger charge is -2.38. The number of nitrogens with zero attached hydrogens (tertiary/aromatic N) is 4. The molecule has 1 aromatic heterocycles. The summed E-state index contributed by atoms with van der Waals surface area (Å²) in [6.45, 7) is 2.80. The molecular formula is C23H25F5N4O3S. The van der Waals surface area contributed by atoms with Crippen LogP contribution in [-0.2, 0) is 22.6 Å². The van der Waals surface area contributed by atoms with Gasteiger partial charge in [-0.15, -0.1) is 0 Å². The Labute approximate surface area is 205 Å². The summed E-state index contributed by atoms with van der Waals surface area (Å²) < 4.78 is 90.5. The maximum absolute atomic E-state index is 14.5. The van der Waals surface area contributed by atoms with E-state index < -0.39 is 33.2 Å². The molecule has 2 fully saturated rings. The Kier molecular flexibility index (Phi) is 6.88. The molecule has 2 aromatic rings. The minimum Gasteiger partial charge on any atom is -0.354 e. The van der Waals surface area contributed by atoms with Crippen LogP contribution >= 0.6 is 0 Å². The van der Waals surface area contributed by atoms with E-state index in [2.05, 4.69) is 4.98 Å². The molecule has 36 heavy (non-hydrogen) atoms. The van der Waals surface area contributed by atoms with E-state index >= 15 is 0 Å². The zero-order chi connectivity index (χ0) is 26.4. The second-order valence-corrected chi connectivity index (χ2v) is 11.2. The molecular weight excluding hydrogens is 507 g/mol. The van der Waals surface area contributed by atoms with Crippen LogP contribution in [0, 0.1) is 11.6 Å². The summed E-state index contributed by atoms with van der Waals surface area (Å²) >= 11 is 0. The molecule has 0 spiro atoms. The van der Waals surface area contributed by atoms with Crippen LogP contribution in [0.3, 0.4) is 0 Å². The number of urea groups is 1. The molecule has 0 saturated carbocycles. The van der Waals surface area contributed by atoms with Gasteiger partial charge in [0.2, 0.25) is 0 Å². The van der Waals surface area contributed by atoms with Gasteiger partial charge in [-0.05, 0) is 38.0 Å². The van der Waals surface area contributed by atoms with Crippen molar-refractivity contribution >= 4 is 21.7 Å². The average molecular weight is 533 g/mol. The van der Waals surface area contributed by atoms with E-state index in [4.69, 9.17) is 0 Å². The van der Waals surface area contributed by atoms with E-state index in [-0.39, 0.29) is 40.9 Å². The molecule has 196 valence electrons. The van der Waals surface area contributed by atoms with E-state index in [0.717, 1.165) is 12.3 Å².